The summed E-state index contributed by atoms with van der Waals surface area (Å²) in [6, 6.07) is 10.0. The molecule has 0 aromatic heterocycles. The molecule has 0 N–H and O–H groups in total. The maximum absolute atomic E-state index is 11.9. The molecular weight excluding hydrogens is 188 g/mol. The van der Waals surface area contributed by atoms with Crippen molar-refractivity contribution in [2.24, 2.45) is 0 Å². The molecule has 1 aromatic carbocycles. The molecule has 1 heterocycles. The van der Waals surface area contributed by atoms with Gasteiger partial charge in [0, 0.05) is 12.7 Å². The summed E-state index contributed by atoms with van der Waals surface area (Å²) in [6.45, 7) is 4.59. The van der Waals surface area contributed by atoms with E-state index in [2.05, 4.69) is 4.90 Å². The van der Waals surface area contributed by atoms with Crippen molar-refractivity contribution in [2.45, 2.75) is 19.4 Å². The molecule has 1 aliphatic rings. The van der Waals surface area contributed by atoms with Crippen molar-refractivity contribution < 1.29 is 4.79 Å². The van der Waals surface area contributed by atoms with E-state index < -0.39 is 5.54 Å². The number of amides is 1. The SMILES string of the molecule is CN1CN(c2ccccc2)C(C)(C)C1=O. The molecule has 1 aromatic rings. The Hall–Kier alpha value is -1.51. The summed E-state index contributed by atoms with van der Waals surface area (Å²) in [4.78, 5) is 15.8. The van der Waals surface area contributed by atoms with Gasteiger partial charge in [0.05, 0.1) is 6.67 Å². The van der Waals surface area contributed by atoms with Crippen molar-refractivity contribution in [1.82, 2.24) is 4.90 Å². The quantitative estimate of drug-likeness (QED) is 0.695. The molecule has 80 valence electrons. The summed E-state index contributed by atoms with van der Waals surface area (Å²) in [5.74, 6) is 0.173. The van der Waals surface area contributed by atoms with Crippen LogP contribution in [0.15, 0.2) is 30.3 Å². The molecule has 1 amide bonds. The van der Waals surface area contributed by atoms with Crippen molar-refractivity contribution in [1.29, 1.82) is 0 Å². The van der Waals surface area contributed by atoms with Gasteiger partial charge in [-0.15, -0.1) is 0 Å². The van der Waals surface area contributed by atoms with E-state index in [9.17, 15) is 4.79 Å². The average Bonchev–Trinajstić information content (AvgIpc) is 2.43. The number of benzene rings is 1. The number of hydrogen-bond donors (Lipinski definition) is 0. The molecule has 3 nitrogen and oxygen atoms in total. The fourth-order valence-corrected chi connectivity index (χ4v) is 2.05. The first kappa shape index (κ1) is 10.0. The zero-order valence-electron chi connectivity index (χ0n) is 9.40. The summed E-state index contributed by atoms with van der Waals surface area (Å²) in [6.07, 6.45) is 0. The highest BCUT2D eigenvalue weighted by atomic mass is 16.2. The van der Waals surface area contributed by atoms with E-state index in [0.29, 0.717) is 6.67 Å². The normalized spacial score (nSPS) is 19.8. The predicted molar refractivity (Wildman–Crippen MR) is 60.6 cm³/mol. The monoisotopic (exact) mass is 204 g/mol. The molecule has 1 fully saturated rings. The van der Waals surface area contributed by atoms with Gasteiger partial charge in [0.2, 0.25) is 5.91 Å². The van der Waals surface area contributed by atoms with Gasteiger partial charge in [-0.3, -0.25) is 4.79 Å². The summed E-state index contributed by atoms with van der Waals surface area (Å²) in [7, 11) is 1.84. The van der Waals surface area contributed by atoms with Crippen LogP contribution in [0.4, 0.5) is 5.69 Å². The lowest BCUT2D eigenvalue weighted by Crippen LogP contribution is -2.43. The van der Waals surface area contributed by atoms with Crippen molar-refractivity contribution in [3.05, 3.63) is 30.3 Å². The van der Waals surface area contributed by atoms with Gasteiger partial charge in [-0.2, -0.15) is 0 Å². The Bertz CT molecular complexity index is 372. The molecule has 2 rings (SSSR count). The van der Waals surface area contributed by atoms with Crippen LogP contribution in [0, 0.1) is 0 Å². The van der Waals surface area contributed by atoms with Gasteiger partial charge < -0.3 is 9.80 Å². The summed E-state index contributed by atoms with van der Waals surface area (Å²) >= 11 is 0. The number of hydrogen-bond acceptors (Lipinski definition) is 2. The summed E-state index contributed by atoms with van der Waals surface area (Å²) in [5, 5.41) is 0. The van der Waals surface area contributed by atoms with E-state index in [1.54, 1.807) is 4.90 Å². The van der Waals surface area contributed by atoms with E-state index in [4.69, 9.17) is 0 Å². The highest BCUT2D eigenvalue weighted by Gasteiger charge is 2.43. The number of likely N-dealkylation sites (N-methyl/N-ethyl adjacent to an activating group) is 1. The minimum absolute atomic E-state index is 0.173. The Labute approximate surface area is 90.3 Å². The van der Waals surface area contributed by atoms with Crippen LogP contribution in [0.3, 0.4) is 0 Å². The maximum atomic E-state index is 11.9. The molecule has 0 radical (unpaired) electrons. The molecular formula is C12H16N2O. The van der Waals surface area contributed by atoms with Crippen LogP contribution in [0.2, 0.25) is 0 Å². The van der Waals surface area contributed by atoms with Gasteiger partial charge in [-0.05, 0) is 26.0 Å². The number of rotatable bonds is 1. The van der Waals surface area contributed by atoms with Crippen LogP contribution in [0.25, 0.3) is 0 Å². The Balaban J connectivity index is 2.36. The van der Waals surface area contributed by atoms with Crippen LogP contribution < -0.4 is 4.90 Å². The topological polar surface area (TPSA) is 23.6 Å². The van der Waals surface area contributed by atoms with Crippen molar-refractivity contribution in [3.63, 3.8) is 0 Å². The predicted octanol–water partition coefficient (Wildman–Crippen LogP) is 1.70. The zero-order chi connectivity index (χ0) is 11.1. The second kappa shape index (κ2) is 3.26. The van der Waals surface area contributed by atoms with Gasteiger partial charge in [-0.1, -0.05) is 18.2 Å². The fourth-order valence-electron chi connectivity index (χ4n) is 2.05. The molecule has 3 heteroatoms. The third-order valence-electron chi connectivity index (χ3n) is 2.97. The molecule has 15 heavy (non-hydrogen) atoms. The molecule has 1 aliphatic heterocycles. The lowest BCUT2D eigenvalue weighted by atomic mass is 10.0. The average molecular weight is 204 g/mol. The van der Waals surface area contributed by atoms with Gasteiger partial charge in [-0.25, -0.2) is 0 Å². The van der Waals surface area contributed by atoms with Gasteiger partial charge in [0.1, 0.15) is 5.54 Å². The Kier molecular flexibility index (Phi) is 2.18. The molecule has 0 spiro atoms. The van der Waals surface area contributed by atoms with Crippen LogP contribution in [0.5, 0.6) is 0 Å². The number of para-hydroxylation sites is 1. The second-order valence-electron chi connectivity index (χ2n) is 4.47. The van der Waals surface area contributed by atoms with E-state index in [1.807, 2.05) is 51.2 Å². The molecule has 0 bridgehead atoms. The van der Waals surface area contributed by atoms with E-state index in [-0.39, 0.29) is 5.91 Å². The minimum Gasteiger partial charge on any atom is -0.340 e. The van der Waals surface area contributed by atoms with E-state index >= 15 is 0 Å². The second-order valence-corrected chi connectivity index (χ2v) is 4.47. The van der Waals surface area contributed by atoms with E-state index in [0.717, 1.165) is 5.69 Å². The largest absolute Gasteiger partial charge is 0.340 e. The van der Waals surface area contributed by atoms with Crippen LogP contribution >= 0.6 is 0 Å². The third-order valence-corrected chi connectivity index (χ3v) is 2.97. The Morgan fingerprint density at radius 1 is 1.20 bits per heavy atom. The lowest BCUT2D eigenvalue weighted by molar-refractivity contribution is -0.130. The van der Waals surface area contributed by atoms with Gasteiger partial charge in [0.25, 0.3) is 0 Å². The van der Waals surface area contributed by atoms with Crippen LogP contribution in [0.1, 0.15) is 13.8 Å². The first-order chi connectivity index (χ1) is 7.03. The summed E-state index contributed by atoms with van der Waals surface area (Å²) < 4.78 is 0. The maximum Gasteiger partial charge on any atom is 0.249 e. The molecule has 0 saturated carbocycles. The van der Waals surface area contributed by atoms with Gasteiger partial charge in [0.15, 0.2) is 0 Å². The highest BCUT2D eigenvalue weighted by molar-refractivity contribution is 5.92. The number of anilines is 1. The number of carbonyl (C=O) groups is 1. The minimum atomic E-state index is -0.434. The van der Waals surface area contributed by atoms with Gasteiger partial charge >= 0.3 is 0 Å². The zero-order valence-corrected chi connectivity index (χ0v) is 9.40. The fraction of sp³-hybridized carbons (Fsp3) is 0.417. The molecule has 0 aliphatic carbocycles. The van der Waals surface area contributed by atoms with Crippen molar-refractivity contribution >= 4 is 11.6 Å². The molecule has 1 saturated heterocycles. The first-order valence-corrected chi connectivity index (χ1v) is 5.12. The Morgan fingerprint density at radius 3 is 2.27 bits per heavy atom. The smallest absolute Gasteiger partial charge is 0.249 e. The lowest BCUT2D eigenvalue weighted by Gasteiger charge is -2.29. The van der Waals surface area contributed by atoms with Crippen LogP contribution in [-0.4, -0.2) is 30.1 Å². The Morgan fingerprint density at radius 2 is 1.80 bits per heavy atom. The van der Waals surface area contributed by atoms with Crippen molar-refractivity contribution in [2.75, 3.05) is 18.6 Å². The van der Waals surface area contributed by atoms with Crippen molar-refractivity contribution in [3.8, 4) is 0 Å². The standard InChI is InChI=1S/C12H16N2O/c1-12(2)11(15)13(3)9-14(12)10-7-5-4-6-8-10/h4-8H,9H2,1-3H3. The highest BCUT2D eigenvalue weighted by Crippen LogP contribution is 2.30. The number of nitrogens with zero attached hydrogens (tertiary/aromatic N) is 2. The number of carbonyl (C=O) groups excluding carboxylic acids is 1. The van der Waals surface area contributed by atoms with E-state index in [1.165, 1.54) is 0 Å². The van der Waals surface area contributed by atoms with Crippen LogP contribution in [-0.2, 0) is 4.79 Å². The summed E-state index contributed by atoms with van der Waals surface area (Å²) in [5.41, 5.74) is 0.663. The molecule has 0 unspecified atom stereocenters. The molecule has 0 atom stereocenters. The first-order valence-electron chi connectivity index (χ1n) is 5.12. The third kappa shape index (κ3) is 1.48.